The van der Waals surface area contributed by atoms with E-state index in [4.69, 9.17) is 0 Å². The van der Waals surface area contributed by atoms with Crippen molar-refractivity contribution in [3.8, 4) is 0 Å². The van der Waals surface area contributed by atoms with Gasteiger partial charge in [0.25, 0.3) is 11.6 Å². The van der Waals surface area contributed by atoms with Gasteiger partial charge in [-0.25, -0.2) is 0 Å². The molecular formula is C12H18N4O3. The average molecular weight is 266 g/mol. The summed E-state index contributed by atoms with van der Waals surface area (Å²) in [6, 6.07) is 1.46. The number of carbonyl (C=O) groups excluding carboxylic acids is 1. The predicted octanol–water partition coefficient (Wildman–Crippen LogP) is 0.850. The van der Waals surface area contributed by atoms with Crippen LogP contribution < -0.4 is 5.32 Å². The van der Waals surface area contributed by atoms with Gasteiger partial charge in [-0.15, -0.1) is 0 Å². The zero-order chi connectivity index (χ0) is 14.0. The minimum absolute atomic E-state index is 0.0343. The van der Waals surface area contributed by atoms with Crippen LogP contribution >= 0.6 is 0 Å². The molecule has 0 aliphatic carbocycles. The topological polar surface area (TPSA) is 80.4 Å². The summed E-state index contributed by atoms with van der Waals surface area (Å²) in [5, 5.41) is 14.0. The molecule has 1 aromatic heterocycles. The smallest absolute Gasteiger partial charge is 0.287 e. The van der Waals surface area contributed by atoms with Crippen molar-refractivity contribution < 1.29 is 9.72 Å². The molecule has 0 unspecified atom stereocenters. The van der Waals surface area contributed by atoms with E-state index in [1.54, 1.807) is 9.47 Å². The molecule has 1 aromatic rings. The Bertz CT molecular complexity index is 497. The van der Waals surface area contributed by atoms with E-state index in [2.05, 4.69) is 5.32 Å². The van der Waals surface area contributed by atoms with E-state index in [9.17, 15) is 14.9 Å². The van der Waals surface area contributed by atoms with E-state index >= 15 is 0 Å². The molecule has 1 saturated heterocycles. The summed E-state index contributed by atoms with van der Waals surface area (Å²) in [7, 11) is 0. The molecule has 0 bridgehead atoms. The molecular weight excluding hydrogens is 248 g/mol. The second kappa shape index (κ2) is 5.40. The number of aryl methyl sites for hydroxylation is 1. The molecule has 0 radical (unpaired) electrons. The van der Waals surface area contributed by atoms with E-state index in [-0.39, 0.29) is 17.6 Å². The highest BCUT2D eigenvalue weighted by molar-refractivity contribution is 5.94. The summed E-state index contributed by atoms with van der Waals surface area (Å²) >= 11 is 0. The van der Waals surface area contributed by atoms with Gasteiger partial charge >= 0.3 is 0 Å². The number of hydrogen-bond acceptors (Lipinski definition) is 4. The van der Waals surface area contributed by atoms with Crippen molar-refractivity contribution in [1.82, 2.24) is 14.8 Å². The molecule has 0 saturated carbocycles. The minimum Gasteiger partial charge on any atom is -0.337 e. The highest BCUT2D eigenvalue weighted by Crippen LogP contribution is 2.19. The average Bonchev–Trinajstić information content (AvgIpc) is 2.82. The van der Waals surface area contributed by atoms with Gasteiger partial charge in [0.05, 0.1) is 11.1 Å². The lowest BCUT2D eigenvalue weighted by Gasteiger charge is -2.34. The first-order valence-corrected chi connectivity index (χ1v) is 6.40. The number of piperazine rings is 1. The summed E-state index contributed by atoms with van der Waals surface area (Å²) in [6.07, 6.45) is 1.42. The predicted molar refractivity (Wildman–Crippen MR) is 70.1 cm³/mol. The van der Waals surface area contributed by atoms with Crippen molar-refractivity contribution in [2.24, 2.45) is 0 Å². The number of carbonyl (C=O) groups is 1. The first kappa shape index (κ1) is 13.5. The second-order valence-corrected chi connectivity index (χ2v) is 4.68. The van der Waals surface area contributed by atoms with Crippen LogP contribution in [-0.2, 0) is 6.54 Å². The van der Waals surface area contributed by atoms with Crippen LogP contribution in [0.4, 0.5) is 5.69 Å². The molecule has 1 N–H and O–H groups in total. The second-order valence-electron chi connectivity index (χ2n) is 4.68. The van der Waals surface area contributed by atoms with Crippen molar-refractivity contribution >= 4 is 11.6 Å². The monoisotopic (exact) mass is 266 g/mol. The Kier molecular flexibility index (Phi) is 3.84. The zero-order valence-corrected chi connectivity index (χ0v) is 11.1. The number of rotatable bonds is 3. The lowest BCUT2D eigenvalue weighted by molar-refractivity contribution is -0.384. The van der Waals surface area contributed by atoms with Crippen molar-refractivity contribution in [2.45, 2.75) is 26.4 Å². The number of nitrogens with one attached hydrogen (secondary N) is 1. The van der Waals surface area contributed by atoms with Gasteiger partial charge in [0.1, 0.15) is 5.69 Å². The molecule has 2 heterocycles. The third-order valence-electron chi connectivity index (χ3n) is 3.41. The van der Waals surface area contributed by atoms with Gasteiger partial charge in [-0.05, 0) is 13.8 Å². The first-order valence-electron chi connectivity index (χ1n) is 6.40. The number of aromatic nitrogens is 1. The fourth-order valence-corrected chi connectivity index (χ4v) is 2.33. The standard InChI is InChI=1S/C12H18N4O3/c1-3-14-8-10(16(18)19)6-11(14)12(17)15-5-4-13-7-9(15)2/h6,8-9,13H,3-5,7H2,1-2H3/t9-/m1/s1. The van der Waals surface area contributed by atoms with Crippen LogP contribution in [0.5, 0.6) is 0 Å². The third-order valence-corrected chi connectivity index (χ3v) is 3.41. The lowest BCUT2D eigenvalue weighted by atomic mass is 10.2. The molecule has 1 aliphatic heterocycles. The van der Waals surface area contributed by atoms with Crippen LogP contribution in [0.1, 0.15) is 24.3 Å². The van der Waals surface area contributed by atoms with Gasteiger partial charge in [0.2, 0.25) is 0 Å². The molecule has 2 rings (SSSR count). The SMILES string of the molecule is CCn1cc([N+](=O)[O-])cc1C(=O)N1CCNC[C@H]1C. The maximum atomic E-state index is 12.5. The van der Waals surface area contributed by atoms with Crippen LogP contribution in [0.25, 0.3) is 0 Å². The van der Waals surface area contributed by atoms with Crippen molar-refractivity contribution in [2.75, 3.05) is 19.6 Å². The van der Waals surface area contributed by atoms with Crippen LogP contribution in [0.15, 0.2) is 12.3 Å². The number of amides is 1. The molecule has 7 nitrogen and oxygen atoms in total. The van der Waals surface area contributed by atoms with Gasteiger partial charge in [-0.2, -0.15) is 0 Å². The van der Waals surface area contributed by atoms with E-state index < -0.39 is 4.92 Å². The fraction of sp³-hybridized carbons (Fsp3) is 0.583. The maximum Gasteiger partial charge on any atom is 0.287 e. The number of nitro groups is 1. The molecule has 0 aromatic carbocycles. The summed E-state index contributed by atoms with van der Waals surface area (Å²) in [5.41, 5.74) is 0.357. The van der Waals surface area contributed by atoms with Crippen LogP contribution in [0.2, 0.25) is 0 Å². The van der Waals surface area contributed by atoms with Crippen molar-refractivity contribution in [1.29, 1.82) is 0 Å². The maximum absolute atomic E-state index is 12.5. The van der Waals surface area contributed by atoms with Crippen molar-refractivity contribution in [3.63, 3.8) is 0 Å². The molecule has 1 amide bonds. The fourth-order valence-electron chi connectivity index (χ4n) is 2.33. The summed E-state index contributed by atoms with van der Waals surface area (Å²) < 4.78 is 1.63. The van der Waals surface area contributed by atoms with Gasteiger partial charge in [0, 0.05) is 38.3 Å². The number of nitrogens with zero attached hydrogens (tertiary/aromatic N) is 3. The molecule has 19 heavy (non-hydrogen) atoms. The summed E-state index contributed by atoms with van der Waals surface area (Å²) in [6.45, 7) is 6.50. The minimum atomic E-state index is -0.468. The van der Waals surface area contributed by atoms with E-state index in [1.165, 1.54) is 12.3 Å². The van der Waals surface area contributed by atoms with E-state index in [1.807, 2.05) is 13.8 Å². The van der Waals surface area contributed by atoms with E-state index in [0.717, 1.165) is 13.1 Å². The summed E-state index contributed by atoms with van der Waals surface area (Å²) in [5.74, 6) is -0.135. The van der Waals surface area contributed by atoms with Gasteiger partial charge in [-0.1, -0.05) is 0 Å². The molecule has 7 heteroatoms. The Balaban J connectivity index is 2.29. The Morgan fingerprint density at radius 1 is 1.63 bits per heavy atom. The highest BCUT2D eigenvalue weighted by Gasteiger charge is 2.27. The molecule has 1 aliphatic rings. The molecule has 1 fully saturated rings. The quantitative estimate of drug-likeness (QED) is 0.649. The van der Waals surface area contributed by atoms with Crippen molar-refractivity contribution in [3.05, 3.63) is 28.1 Å². The molecule has 104 valence electrons. The van der Waals surface area contributed by atoms with Crippen LogP contribution in [0.3, 0.4) is 0 Å². The summed E-state index contributed by atoms with van der Waals surface area (Å²) in [4.78, 5) is 24.6. The normalized spacial score (nSPS) is 19.5. The first-order chi connectivity index (χ1) is 9.04. The van der Waals surface area contributed by atoms with E-state index in [0.29, 0.717) is 18.8 Å². The van der Waals surface area contributed by atoms with Gasteiger partial charge in [0.15, 0.2) is 0 Å². The highest BCUT2D eigenvalue weighted by atomic mass is 16.6. The Morgan fingerprint density at radius 3 is 2.95 bits per heavy atom. The van der Waals surface area contributed by atoms with Crippen LogP contribution in [0, 0.1) is 10.1 Å². The zero-order valence-electron chi connectivity index (χ0n) is 11.1. The van der Waals surface area contributed by atoms with Gasteiger partial charge in [-0.3, -0.25) is 14.9 Å². The largest absolute Gasteiger partial charge is 0.337 e. The Labute approximate surface area is 111 Å². The number of hydrogen-bond donors (Lipinski definition) is 1. The van der Waals surface area contributed by atoms with Crippen LogP contribution in [-0.4, -0.2) is 46.0 Å². The third kappa shape index (κ3) is 2.60. The van der Waals surface area contributed by atoms with Gasteiger partial charge < -0.3 is 14.8 Å². The molecule has 1 atom stereocenters. The molecule has 0 spiro atoms. The Hall–Kier alpha value is -1.89. The Morgan fingerprint density at radius 2 is 2.37 bits per heavy atom. The lowest BCUT2D eigenvalue weighted by Crippen LogP contribution is -2.52.